The monoisotopic (exact) mass is 480 g/mol. The van der Waals surface area contributed by atoms with Gasteiger partial charge in [0.05, 0.1) is 6.10 Å². The van der Waals surface area contributed by atoms with Crippen LogP contribution in [0, 0.1) is 0 Å². The van der Waals surface area contributed by atoms with Crippen molar-refractivity contribution in [2.75, 3.05) is 13.2 Å². The van der Waals surface area contributed by atoms with Gasteiger partial charge >= 0.3 is 12.1 Å². The molecule has 1 fully saturated rings. The zero-order valence-corrected chi connectivity index (χ0v) is 19.9. The second-order valence-corrected chi connectivity index (χ2v) is 9.13. The molecule has 3 N–H and O–H groups in total. The van der Waals surface area contributed by atoms with Crippen LogP contribution >= 0.6 is 0 Å². The van der Waals surface area contributed by atoms with Gasteiger partial charge in [0.25, 0.3) is 0 Å². The smallest absolute Gasteiger partial charge is 0.407 e. The Balaban J connectivity index is 1.27. The van der Waals surface area contributed by atoms with Crippen LogP contribution < -0.4 is 10.6 Å². The average Bonchev–Trinajstić information content (AvgIpc) is 3.45. The third kappa shape index (κ3) is 6.00. The number of aliphatic carboxylic acids is 1. The summed E-state index contributed by atoms with van der Waals surface area (Å²) in [6.45, 7) is 2.46. The summed E-state index contributed by atoms with van der Waals surface area (Å²) in [6.07, 6.45) is 0.936. The number of hydrogen-bond acceptors (Lipinski definition) is 5. The SMILES string of the molecule is CCC[C@H](CC(=O)NCC1CCC(C(=O)O)O1)NC(=O)OCC1c2ccccc2-c2ccccc21. The minimum absolute atomic E-state index is 0.0258. The van der Waals surface area contributed by atoms with Crippen LogP contribution in [0.3, 0.4) is 0 Å². The first-order chi connectivity index (χ1) is 17.0. The molecule has 0 aromatic heterocycles. The first kappa shape index (κ1) is 24.7. The van der Waals surface area contributed by atoms with Crippen LogP contribution in [-0.4, -0.2) is 54.5 Å². The number of ether oxygens (including phenoxy) is 2. The van der Waals surface area contributed by atoms with Crippen molar-refractivity contribution in [1.29, 1.82) is 0 Å². The number of benzene rings is 2. The van der Waals surface area contributed by atoms with Gasteiger partial charge in [-0.2, -0.15) is 0 Å². The lowest BCUT2D eigenvalue weighted by Crippen LogP contribution is -2.41. The van der Waals surface area contributed by atoms with Crippen LogP contribution in [-0.2, 0) is 19.1 Å². The minimum Gasteiger partial charge on any atom is -0.479 e. The molecular formula is C27H32N2O6. The molecule has 8 nitrogen and oxygen atoms in total. The van der Waals surface area contributed by atoms with Crippen LogP contribution in [0.5, 0.6) is 0 Å². The van der Waals surface area contributed by atoms with E-state index in [-0.39, 0.29) is 43.5 Å². The summed E-state index contributed by atoms with van der Waals surface area (Å²) in [7, 11) is 0. The summed E-state index contributed by atoms with van der Waals surface area (Å²) in [5.74, 6) is -1.22. The fourth-order valence-corrected chi connectivity index (χ4v) is 4.94. The Morgan fingerprint density at radius 1 is 1.06 bits per heavy atom. The maximum absolute atomic E-state index is 12.6. The Morgan fingerprint density at radius 2 is 1.71 bits per heavy atom. The highest BCUT2D eigenvalue weighted by atomic mass is 16.5. The highest BCUT2D eigenvalue weighted by molar-refractivity contribution is 5.79. The molecule has 0 saturated carbocycles. The summed E-state index contributed by atoms with van der Waals surface area (Å²) in [4.78, 5) is 36.1. The summed E-state index contributed by atoms with van der Waals surface area (Å²) >= 11 is 0. The van der Waals surface area contributed by atoms with Gasteiger partial charge in [0.1, 0.15) is 6.61 Å². The largest absolute Gasteiger partial charge is 0.479 e. The maximum Gasteiger partial charge on any atom is 0.407 e. The normalized spacial score (nSPS) is 19.5. The van der Waals surface area contributed by atoms with Gasteiger partial charge in [-0.25, -0.2) is 9.59 Å². The van der Waals surface area contributed by atoms with Gasteiger partial charge in [-0.3, -0.25) is 4.79 Å². The van der Waals surface area contributed by atoms with Crippen molar-refractivity contribution in [2.24, 2.45) is 0 Å². The highest BCUT2D eigenvalue weighted by Gasteiger charge is 2.31. The second-order valence-electron chi connectivity index (χ2n) is 9.13. The summed E-state index contributed by atoms with van der Waals surface area (Å²) in [5.41, 5.74) is 4.62. The van der Waals surface area contributed by atoms with Gasteiger partial charge in [-0.15, -0.1) is 0 Å². The number of fused-ring (bicyclic) bond motifs is 3. The molecule has 0 bridgehead atoms. The lowest BCUT2D eigenvalue weighted by Gasteiger charge is -2.20. The third-order valence-corrected chi connectivity index (χ3v) is 6.64. The standard InChI is InChI=1S/C27H32N2O6/c1-2-7-17(14-25(30)28-15-18-12-13-24(35-18)26(31)32)29-27(33)34-16-23-21-10-5-3-8-19(21)20-9-4-6-11-22(20)23/h3-6,8-11,17-18,23-24H,2,7,12-16H2,1H3,(H,28,30)(H,29,33)(H,31,32)/t17-,18?,24?/m1/s1. The number of carbonyl (C=O) groups excluding carboxylic acids is 2. The number of nitrogens with one attached hydrogen (secondary N) is 2. The fourth-order valence-electron chi connectivity index (χ4n) is 4.94. The van der Waals surface area contributed by atoms with Crippen LogP contribution in [0.15, 0.2) is 48.5 Å². The van der Waals surface area contributed by atoms with Crippen LogP contribution in [0.1, 0.15) is 56.1 Å². The van der Waals surface area contributed by atoms with Crippen molar-refractivity contribution < 1.29 is 29.0 Å². The number of alkyl carbamates (subject to hydrolysis) is 1. The molecule has 0 spiro atoms. The first-order valence-corrected chi connectivity index (χ1v) is 12.2. The number of rotatable bonds is 10. The number of carbonyl (C=O) groups is 3. The number of carboxylic acids is 1. The molecule has 1 aliphatic heterocycles. The first-order valence-electron chi connectivity index (χ1n) is 12.2. The molecule has 1 saturated heterocycles. The molecule has 4 rings (SSSR count). The van der Waals surface area contributed by atoms with Crippen molar-refractivity contribution in [1.82, 2.24) is 10.6 Å². The second kappa shape index (κ2) is 11.4. The topological polar surface area (TPSA) is 114 Å². The van der Waals surface area contributed by atoms with E-state index in [1.807, 2.05) is 31.2 Å². The Hall–Kier alpha value is -3.39. The molecule has 1 heterocycles. The maximum atomic E-state index is 12.6. The van der Waals surface area contributed by atoms with Gasteiger partial charge in [-0.05, 0) is 41.5 Å². The average molecular weight is 481 g/mol. The van der Waals surface area contributed by atoms with E-state index in [1.165, 1.54) is 11.1 Å². The van der Waals surface area contributed by atoms with Crippen LogP contribution in [0.2, 0.25) is 0 Å². The van der Waals surface area contributed by atoms with Gasteiger partial charge in [0, 0.05) is 24.9 Å². The zero-order valence-electron chi connectivity index (χ0n) is 19.9. The zero-order chi connectivity index (χ0) is 24.8. The van der Waals surface area contributed by atoms with E-state index in [1.54, 1.807) is 0 Å². The van der Waals surface area contributed by atoms with E-state index in [4.69, 9.17) is 14.6 Å². The Labute approximate surface area is 205 Å². The van der Waals surface area contributed by atoms with Crippen LogP contribution in [0.25, 0.3) is 11.1 Å². The minimum atomic E-state index is -0.978. The van der Waals surface area contributed by atoms with E-state index in [9.17, 15) is 14.4 Å². The molecule has 2 amide bonds. The van der Waals surface area contributed by atoms with Crippen molar-refractivity contribution in [3.63, 3.8) is 0 Å². The molecule has 186 valence electrons. The van der Waals surface area contributed by atoms with E-state index in [0.717, 1.165) is 17.5 Å². The molecule has 2 aromatic carbocycles. The Bertz CT molecular complexity index is 1030. The van der Waals surface area contributed by atoms with E-state index in [2.05, 4.69) is 34.9 Å². The number of carboxylic acid groups (broad SMARTS) is 1. The van der Waals surface area contributed by atoms with Crippen molar-refractivity contribution in [3.05, 3.63) is 59.7 Å². The summed E-state index contributed by atoms with van der Waals surface area (Å²) in [5, 5.41) is 14.7. The molecule has 2 aromatic rings. The Kier molecular flexibility index (Phi) is 8.02. The van der Waals surface area contributed by atoms with Crippen molar-refractivity contribution in [2.45, 2.75) is 63.2 Å². The number of amides is 2. The lowest BCUT2D eigenvalue weighted by atomic mass is 9.98. The highest BCUT2D eigenvalue weighted by Crippen LogP contribution is 2.44. The predicted molar refractivity (Wildman–Crippen MR) is 130 cm³/mol. The summed E-state index contributed by atoms with van der Waals surface area (Å²) in [6, 6.07) is 16.0. The fraction of sp³-hybridized carbons (Fsp3) is 0.444. The quantitative estimate of drug-likeness (QED) is 0.476. The molecule has 35 heavy (non-hydrogen) atoms. The van der Waals surface area contributed by atoms with Crippen molar-refractivity contribution >= 4 is 18.0 Å². The van der Waals surface area contributed by atoms with Gasteiger partial charge in [-0.1, -0.05) is 61.9 Å². The molecule has 0 radical (unpaired) electrons. The molecule has 2 unspecified atom stereocenters. The lowest BCUT2D eigenvalue weighted by molar-refractivity contribution is -0.149. The summed E-state index contributed by atoms with van der Waals surface area (Å²) < 4.78 is 11.0. The van der Waals surface area contributed by atoms with Gasteiger partial charge < -0.3 is 25.2 Å². The molecule has 8 heteroatoms. The third-order valence-electron chi connectivity index (χ3n) is 6.64. The molecule has 2 aliphatic rings. The van der Waals surface area contributed by atoms with E-state index < -0.39 is 18.2 Å². The van der Waals surface area contributed by atoms with Gasteiger partial charge in [0.15, 0.2) is 6.10 Å². The van der Waals surface area contributed by atoms with Crippen LogP contribution in [0.4, 0.5) is 4.79 Å². The van der Waals surface area contributed by atoms with E-state index in [0.29, 0.717) is 19.3 Å². The predicted octanol–water partition coefficient (Wildman–Crippen LogP) is 3.83. The number of hydrogen-bond donors (Lipinski definition) is 3. The molecule has 1 aliphatic carbocycles. The van der Waals surface area contributed by atoms with E-state index >= 15 is 0 Å². The van der Waals surface area contributed by atoms with Crippen molar-refractivity contribution in [3.8, 4) is 11.1 Å². The molecule has 3 atom stereocenters. The molecular weight excluding hydrogens is 448 g/mol. The Morgan fingerprint density at radius 3 is 2.31 bits per heavy atom. The van der Waals surface area contributed by atoms with Gasteiger partial charge in [0.2, 0.25) is 5.91 Å².